The second-order valence-electron chi connectivity index (χ2n) is 6.08. The van der Waals surface area contributed by atoms with Gasteiger partial charge < -0.3 is 5.32 Å². The molecule has 0 atom stereocenters. The van der Waals surface area contributed by atoms with Gasteiger partial charge in [0.05, 0.1) is 0 Å². The molecule has 0 bridgehead atoms. The van der Waals surface area contributed by atoms with Gasteiger partial charge in [0.15, 0.2) is 0 Å². The standard InChI is InChI=1S/C15H33N3O2S/c1-4-6-7-11-17(3)21(19,20)18-12-8-15(9-13-18)14-16-10-5-2/h15-16H,4-14H2,1-3H3. The third-order valence-corrected chi connectivity index (χ3v) is 6.22. The number of nitrogens with zero attached hydrogens (tertiary/aromatic N) is 2. The van der Waals surface area contributed by atoms with Gasteiger partial charge >= 0.3 is 0 Å². The van der Waals surface area contributed by atoms with Crippen molar-refractivity contribution in [1.29, 1.82) is 0 Å². The van der Waals surface area contributed by atoms with Gasteiger partial charge in [0, 0.05) is 26.7 Å². The van der Waals surface area contributed by atoms with E-state index >= 15 is 0 Å². The smallest absolute Gasteiger partial charge is 0.281 e. The van der Waals surface area contributed by atoms with E-state index in [2.05, 4.69) is 19.2 Å². The number of nitrogens with one attached hydrogen (secondary N) is 1. The van der Waals surface area contributed by atoms with Gasteiger partial charge in [-0.2, -0.15) is 17.0 Å². The zero-order valence-electron chi connectivity index (χ0n) is 14.0. The normalized spacial score (nSPS) is 18.5. The van der Waals surface area contributed by atoms with Crippen LogP contribution in [-0.2, 0) is 10.2 Å². The summed E-state index contributed by atoms with van der Waals surface area (Å²) >= 11 is 0. The summed E-state index contributed by atoms with van der Waals surface area (Å²) < 4.78 is 28.2. The minimum absolute atomic E-state index is 0.619. The van der Waals surface area contributed by atoms with Crippen molar-refractivity contribution >= 4 is 10.2 Å². The van der Waals surface area contributed by atoms with Crippen LogP contribution >= 0.6 is 0 Å². The first-order valence-electron chi connectivity index (χ1n) is 8.44. The molecular formula is C15H33N3O2S. The molecule has 0 aromatic rings. The van der Waals surface area contributed by atoms with Crippen LogP contribution in [0.3, 0.4) is 0 Å². The third kappa shape index (κ3) is 6.22. The molecule has 0 aromatic carbocycles. The van der Waals surface area contributed by atoms with Crippen molar-refractivity contribution in [2.24, 2.45) is 5.92 Å². The Morgan fingerprint density at radius 2 is 1.81 bits per heavy atom. The number of rotatable bonds is 10. The van der Waals surface area contributed by atoms with Gasteiger partial charge in [-0.3, -0.25) is 0 Å². The Bertz CT molecular complexity index is 365. The molecule has 0 saturated carbocycles. The average molecular weight is 320 g/mol. The predicted octanol–water partition coefficient (Wildman–Crippen LogP) is 2.06. The van der Waals surface area contributed by atoms with Crippen molar-refractivity contribution in [1.82, 2.24) is 13.9 Å². The summed E-state index contributed by atoms with van der Waals surface area (Å²) in [6.45, 7) is 8.33. The largest absolute Gasteiger partial charge is 0.316 e. The van der Waals surface area contributed by atoms with Crippen LogP contribution in [0, 0.1) is 5.92 Å². The lowest BCUT2D eigenvalue weighted by molar-refractivity contribution is 0.253. The van der Waals surface area contributed by atoms with E-state index in [0.29, 0.717) is 25.6 Å². The molecule has 0 unspecified atom stereocenters. The molecule has 1 aliphatic rings. The molecular weight excluding hydrogens is 286 g/mol. The molecule has 1 fully saturated rings. The summed E-state index contributed by atoms with van der Waals surface area (Å²) in [5.41, 5.74) is 0. The van der Waals surface area contributed by atoms with Crippen LogP contribution < -0.4 is 5.32 Å². The van der Waals surface area contributed by atoms with E-state index in [1.165, 1.54) is 4.31 Å². The first kappa shape index (κ1) is 18.9. The van der Waals surface area contributed by atoms with Crippen LogP contribution in [0.1, 0.15) is 52.4 Å². The van der Waals surface area contributed by atoms with E-state index < -0.39 is 10.2 Å². The summed E-state index contributed by atoms with van der Waals surface area (Å²) in [6.07, 6.45) is 6.24. The number of hydrogen-bond acceptors (Lipinski definition) is 3. The average Bonchev–Trinajstić information content (AvgIpc) is 2.48. The van der Waals surface area contributed by atoms with Gasteiger partial charge in [0.1, 0.15) is 0 Å². The summed E-state index contributed by atoms with van der Waals surface area (Å²) in [5, 5.41) is 3.44. The lowest BCUT2D eigenvalue weighted by atomic mass is 9.98. The van der Waals surface area contributed by atoms with Crippen molar-refractivity contribution in [3.05, 3.63) is 0 Å². The Kier molecular flexibility index (Phi) is 8.78. The van der Waals surface area contributed by atoms with Crippen LogP contribution in [0.2, 0.25) is 0 Å². The molecule has 0 aromatic heterocycles. The van der Waals surface area contributed by atoms with Crippen molar-refractivity contribution < 1.29 is 8.42 Å². The second-order valence-corrected chi connectivity index (χ2v) is 8.12. The number of unbranched alkanes of at least 4 members (excludes halogenated alkanes) is 2. The Morgan fingerprint density at radius 3 is 2.38 bits per heavy atom. The quantitative estimate of drug-likeness (QED) is 0.627. The maximum atomic E-state index is 12.5. The monoisotopic (exact) mass is 319 g/mol. The third-order valence-electron chi connectivity index (χ3n) is 4.23. The van der Waals surface area contributed by atoms with Crippen molar-refractivity contribution in [2.75, 3.05) is 39.8 Å². The molecule has 1 saturated heterocycles. The minimum atomic E-state index is -3.24. The molecule has 1 aliphatic heterocycles. The molecule has 21 heavy (non-hydrogen) atoms. The fourth-order valence-electron chi connectivity index (χ4n) is 2.72. The van der Waals surface area contributed by atoms with Gasteiger partial charge in [-0.25, -0.2) is 0 Å². The molecule has 5 nitrogen and oxygen atoms in total. The zero-order chi connectivity index (χ0) is 15.7. The van der Waals surface area contributed by atoms with E-state index in [1.807, 2.05) is 0 Å². The van der Waals surface area contributed by atoms with Crippen LogP contribution in [-0.4, -0.2) is 56.8 Å². The first-order chi connectivity index (χ1) is 10.0. The van der Waals surface area contributed by atoms with Crippen molar-refractivity contribution in [3.63, 3.8) is 0 Å². The molecule has 0 spiro atoms. The molecule has 1 N–H and O–H groups in total. The topological polar surface area (TPSA) is 52.7 Å². The van der Waals surface area contributed by atoms with E-state index in [4.69, 9.17) is 0 Å². The summed E-state index contributed by atoms with van der Waals surface area (Å²) in [4.78, 5) is 0. The predicted molar refractivity (Wildman–Crippen MR) is 88.5 cm³/mol. The van der Waals surface area contributed by atoms with Gasteiger partial charge in [-0.1, -0.05) is 26.7 Å². The van der Waals surface area contributed by atoms with E-state index in [9.17, 15) is 8.42 Å². The van der Waals surface area contributed by atoms with Crippen LogP contribution in [0.25, 0.3) is 0 Å². The molecule has 126 valence electrons. The molecule has 0 aliphatic carbocycles. The van der Waals surface area contributed by atoms with Crippen LogP contribution in [0.4, 0.5) is 0 Å². The van der Waals surface area contributed by atoms with Gasteiger partial charge in [0.2, 0.25) is 0 Å². The highest BCUT2D eigenvalue weighted by Crippen LogP contribution is 2.20. The SMILES string of the molecule is CCCCCN(C)S(=O)(=O)N1CCC(CNCCC)CC1. The highest BCUT2D eigenvalue weighted by Gasteiger charge is 2.30. The van der Waals surface area contributed by atoms with E-state index in [1.54, 1.807) is 11.4 Å². The molecule has 1 heterocycles. The number of piperidine rings is 1. The van der Waals surface area contributed by atoms with Gasteiger partial charge in [-0.15, -0.1) is 0 Å². The Balaban J connectivity index is 2.37. The van der Waals surface area contributed by atoms with Crippen molar-refractivity contribution in [3.8, 4) is 0 Å². The Hall–Kier alpha value is -0.170. The van der Waals surface area contributed by atoms with Crippen LogP contribution in [0.5, 0.6) is 0 Å². The summed E-state index contributed by atoms with van der Waals surface area (Å²) in [7, 11) is -1.54. The minimum Gasteiger partial charge on any atom is -0.316 e. The zero-order valence-corrected chi connectivity index (χ0v) is 14.8. The lowest BCUT2D eigenvalue weighted by Gasteiger charge is -2.33. The summed E-state index contributed by atoms with van der Waals surface area (Å²) in [6, 6.07) is 0. The first-order valence-corrected chi connectivity index (χ1v) is 9.84. The second kappa shape index (κ2) is 9.77. The van der Waals surface area contributed by atoms with Gasteiger partial charge in [-0.05, 0) is 44.7 Å². The molecule has 1 rings (SSSR count). The maximum absolute atomic E-state index is 12.5. The van der Waals surface area contributed by atoms with E-state index in [0.717, 1.165) is 51.6 Å². The molecule has 0 radical (unpaired) electrons. The highest BCUT2D eigenvalue weighted by atomic mass is 32.2. The van der Waals surface area contributed by atoms with Crippen LogP contribution in [0.15, 0.2) is 0 Å². The Morgan fingerprint density at radius 1 is 1.14 bits per heavy atom. The van der Waals surface area contributed by atoms with Gasteiger partial charge in [0.25, 0.3) is 10.2 Å². The highest BCUT2D eigenvalue weighted by molar-refractivity contribution is 7.86. The fraction of sp³-hybridized carbons (Fsp3) is 1.00. The lowest BCUT2D eigenvalue weighted by Crippen LogP contribution is -2.47. The number of hydrogen-bond donors (Lipinski definition) is 1. The summed E-state index contributed by atoms with van der Waals surface area (Å²) in [5.74, 6) is 0.619. The molecule has 0 amide bonds. The van der Waals surface area contributed by atoms with E-state index in [-0.39, 0.29) is 0 Å². The van der Waals surface area contributed by atoms with Crippen molar-refractivity contribution in [2.45, 2.75) is 52.4 Å². The maximum Gasteiger partial charge on any atom is 0.281 e. The fourth-order valence-corrected chi connectivity index (χ4v) is 4.15. The molecule has 6 heteroatoms. The Labute approximate surface area is 131 Å².